The van der Waals surface area contributed by atoms with Gasteiger partial charge < -0.3 is 24.8 Å². The average Bonchev–Trinajstić information content (AvgIpc) is 2.81. The van der Waals surface area contributed by atoms with E-state index >= 15 is 0 Å². The van der Waals surface area contributed by atoms with Crippen molar-refractivity contribution < 1.29 is 19.0 Å². The van der Waals surface area contributed by atoms with E-state index in [1.807, 2.05) is 43.3 Å². The summed E-state index contributed by atoms with van der Waals surface area (Å²) in [6.45, 7) is 2.22. The summed E-state index contributed by atoms with van der Waals surface area (Å²) in [4.78, 5) is 16.3. The fourth-order valence-corrected chi connectivity index (χ4v) is 3.62. The topological polar surface area (TPSA) is 81.7 Å². The molecule has 0 aliphatic carbocycles. The number of hydrogen-bond donors (Lipinski definition) is 2. The molecule has 0 saturated carbocycles. The van der Waals surface area contributed by atoms with Gasteiger partial charge in [0.1, 0.15) is 6.61 Å². The fraction of sp³-hybridized carbons (Fsp3) is 0.200. The van der Waals surface area contributed by atoms with Crippen molar-refractivity contribution in [2.75, 3.05) is 26.6 Å². The molecule has 4 rings (SSSR count). The predicted octanol–water partition coefficient (Wildman–Crippen LogP) is 5.31. The van der Waals surface area contributed by atoms with Gasteiger partial charge in [-0.15, -0.1) is 0 Å². The van der Waals surface area contributed by atoms with Crippen LogP contribution in [0, 0.1) is 6.92 Å². The second kappa shape index (κ2) is 9.01. The van der Waals surface area contributed by atoms with Crippen LogP contribution >= 0.6 is 0 Å². The molecule has 7 heteroatoms. The molecule has 3 aromatic carbocycles. The molecule has 0 saturated heterocycles. The van der Waals surface area contributed by atoms with Gasteiger partial charge in [0.05, 0.1) is 30.9 Å². The van der Waals surface area contributed by atoms with Crippen molar-refractivity contribution in [2.45, 2.75) is 13.5 Å². The second-order valence-corrected chi connectivity index (χ2v) is 7.38. The van der Waals surface area contributed by atoms with Crippen LogP contribution in [0.15, 0.2) is 54.6 Å². The van der Waals surface area contributed by atoms with E-state index in [1.165, 1.54) is 7.05 Å². The molecule has 0 atom stereocenters. The first-order valence-corrected chi connectivity index (χ1v) is 10.2. The molecule has 0 spiro atoms. The summed E-state index contributed by atoms with van der Waals surface area (Å²) in [5.74, 6) is 1.25. The quantitative estimate of drug-likeness (QED) is 0.403. The number of benzene rings is 3. The smallest absolute Gasteiger partial charge is 0.407 e. The monoisotopic (exact) mass is 431 g/mol. The van der Waals surface area contributed by atoms with Crippen molar-refractivity contribution in [3.63, 3.8) is 0 Å². The molecule has 164 valence electrons. The van der Waals surface area contributed by atoms with Gasteiger partial charge in [-0.2, -0.15) is 0 Å². The van der Waals surface area contributed by atoms with E-state index in [-0.39, 0.29) is 6.61 Å². The molecule has 1 aromatic heterocycles. The van der Waals surface area contributed by atoms with Crippen LogP contribution in [0.2, 0.25) is 0 Å². The number of amides is 1. The van der Waals surface area contributed by atoms with Gasteiger partial charge in [-0.3, -0.25) is 0 Å². The van der Waals surface area contributed by atoms with Crippen molar-refractivity contribution in [3.8, 4) is 11.5 Å². The van der Waals surface area contributed by atoms with Crippen LogP contribution in [0.1, 0.15) is 11.1 Å². The molecular formula is C25H25N3O4. The van der Waals surface area contributed by atoms with E-state index in [2.05, 4.69) is 28.8 Å². The molecule has 7 nitrogen and oxygen atoms in total. The lowest BCUT2D eigenvalue weighted by Crippen LogP contribution is -2.18. The average molecular weight is 431 g/mol. The molecule has 32 heavy (non-hydrogen) atoms. The minimum Gasteiger partial charge on any atom is -0.493 e. The number of methoxy groups -OCH3 is 2. The summed E-state index contributed by atoms with van der Waals surface area (Å²) in [7, 11) is 4.76. The van der Waals surface area contributed by atoms with Crippen molar-refractivity contribution in [1.82, 2.24) is 10.3 Å². The fourth-order valence-electron chi connectivity index (χ4n) is 3.62. The maximum atomic E-state index is 11.4. The number of ether oxygens (including phenoxy) is 3. The predicted molar refractivity (Wildman–Crippen MR) is 126 cm³/mol. The zero-order valence-corrected chi connectivity index (χ0v) is 18.5. The minimum atomic E-state index is -0.467. The molecule has 1 heterocycles. The molecule has 0 fully saturated rings. The summed E-state index contributed by atoms with van der Waals surface area (Å²) >= 11 is 0. The number of fused-ring (bicyclic) bond motifs is 2. The standard InChI is InChI=1S/C25H25N3O4/c1-15-8-9-18-20(10-15)28-21-13-23(31-4)22(30-3)12-19(21)24(18)27-17-7-5-6-16(11-17)14-32-25(29)26-2/h5-13H,14H2,1-4H3,(H,26,29)(H,27,28). The Morgan fingerprint density at radius 1 is 0.938 bits per heavy atom. The van der Waals surface area contributed by atoms with Crippen molar-refractivity contribution >= 4 is 39.3 Å². The number of aromatic nitrogens is 1. The highest BCUT2D eigenvalue weighted by atomic mass is 16.5. The molecule has 0 unspecified atom stereocenters. The van der Waals surface area contributed by atoms with Crippen molar-refractivity contribution in [1.29, 1.82) is 0 Å². The molecule has 0 aliphatic rings. The largest absolute Gasteiger partial charge is 0.493 e. The summed E-state index contributed by atoms with van der Waals surface area (Å²) in [6.07, 6.45) is -0.467. The zero-order valence-electron chi connectivity index (χ0n) is 18.5. The third-order valence-electron chi connectivity index (χ3n) is 5.21. The summed E-state index contributed by atoms with van der Waals surface area (Å²) in [6, 6.07) is 17.8. The van der Waals surface area contributed by atoms with Crippen LogP contribution in [-0.2, 0) is 11.3 Å². The van der Waals surface area contributed by atoms with Crippen LogP contribution in [0.4, 0.5) is 16.2 Å². The van der Waals surface area contributed by atoms with Crippen LogP contribution in [0.3, 0.4) is 0 Å². The molecular weight excluding hydrogens is 406 g/mol. The number of hydrogen-bond acceptors (Lipinski definition) is 6. The van der Waals surface area contributed by atoms with Gasteiger partial charge in [-0.25, -0.2) is 9.78 Å². The van der Waals surface area contributed by atoms with Crippen LogP contribution in [0.5, 0.6) is 11.5 Å². The number of aryl methyl sites for hydroxylation is 1. The number of rotatable bonds is 6. The van der Waals surface area contributed by atoms with E-state index in [0.29, 0.717) is 11.5 Å². The highest BCUT2D eigenvalue weighted by Gasteiger charge is 2.15. The highest BCUT2D eigenvalue weighted by Crippen LogP contribution is 2.39. The third-order valence-corrected chi connectivity index (χ3v) is 5.21. The highest BCUT2D eigenvalue weighted by molar-refractivity contribution is 6.09. The maximum Gasteiger partial charge on any atom is 0.407 e. The number of anilines is 2. The first-order chi connectivity index (χ1) is 15.5. The van der Waals surface area contributed by atoms with Crippen LogP contribution in [-0.4, -0.2) is 32.3 Å². The Labute approximate surface area is 186 Å². The number of nitrogens with zero attached hydrogens (tertiary/aromatic N) is 1. The number of alkyl carbamates (subject to hydrolysis) is 1. The minimum absolute atomic E-state index is 0.178. The van der Waals surface area contributed by atoms with Crippen LogP contribution < -0.4 is 20.1 Å². The van der Waals surface area contributed by atoms with E-state index in [1.54, 1.807) is 14.2 Å². The zero-order chi connectivity index (χ0) is 22.7. The van der Waals surface area contributed by atoms with Gasteiger partial charge in [0.15, 0.2) is 11.5 Å². The van der Waals surface area contributed by atoms with E-state index in [0.717, 1.165) is 44.3 Å². The Balaban J connectivity index is 1.83. The third kappa shape index (κ3) is 4.23. The Bertz CT molecular complexity index is 1300. The van der Waals surface area contributed by atoms with E-state index in [4.69, 9.17) is 19.2 Å². The SMILES string of the molecule is CNC(=O)OCc1cccc(Nc2c3ccc(C)cc3nc3cc(OC)c(OC)cc23)c1. The Hall–Kier alpha value is -4.00. The van der Waals surface area contributed by atoms with E-state index < -0.39 is 6.09 Å². The van der Waals surface area contributed by atoms with Gasteiger partial charge in [0.25, 0.3) is 0 Å². The lowest BCUT2D eigenvalue weighted by molar-refractivity contribution is 0.142. The summed E-state index contributed by atoms with van der Waals surface area (Å²) in [5.41, 5.74) is 5.46. The van der Waals surface area contributed by atoms with Crippen LogP contribution in [0.25, 0.3) is 21.8 Å². The first kappa shape index (κ1) is 21.2. The molecule has 0 aliphatic heterocycles. The number of carbonyl (C=O) groups is 1. The lowest BCUT2D eigenvalue weighted by atomic mass is 10.0. The number of nitrogens with one attached hydrogen (secondary N) is 2. The molecule has 4 aromatic rings. The Morgan fingerprint density at radius 3 is 2.44 bits per heavy atom. The van der Waals surface area contributed by atoms with Crippen molar-refractivity contribution in [3.05, 3.63) is 65.7 Å². The summed E-state index contributed by atoms with van der Waals surface area (Å²) < 4.78 is 16.2. The maximum absolute atomic E-state index is 11.4. The van der Waals surface area contributed by atoms with Gasteiger partial charge in [-0.05, 0) is 42.3 Å². The molecule has 2 N–H and O–H groups in total. The Morgan fingerprint density at radius 2 is 1.69 bits per heavy atom. The van der Waals surface area contributed by atoms with Gasteiger partial charge in [0, 0.05) is 29.6 Å². The van der Waals surface area contributed by atoms with Gasteiger partial charge in [-0.1, -0.05) is 24.3 Å². The molecule has 0 bridgehead atoms. The van der Waals surface area contributed by atoms with Crippen molar-refractivity contribution in [2.24, 2.45) is 0 Å². The van der Waals surface area contributed by atoms with E-state index in [9.17, 15) is 4.79 Å². The summed E-state index contributed by atoms with van der Waals surface area (Å²) in [5, 5.41) is 7.89. The molecule has 0 radical (unpaired) electrons. The van der Waals surface area contributed by atoms with Gasteiger partial charge >= 0.3 is 6.09 Å². The normalized spacial score (nSPS) is 10.8. The van der Waals surface area contributed by atoms with Gasteiger partial charge in [0.2, 0.25) is 0 Å². The molecule has 1 amide bonds. The number of pyridine rings is 1. The first-order valence-electron chi connectivity index (χ1n) is 10.2. The Kier molecular flexibility index (Phi) is 5.98. The lowest BCUT2D eigenvalue weighted by Gasteiger charge is -2.16. The number of carbonyl (C=O) groups excluding carboxylic acids is 1. The second-order valence-electron chi connectivity index (χ2n) is 7.38.